The molecule has 4 heteroatoms. The van der Waals surface area contributed by atoms with Gasteiger partial charge in [-0.1, -0.05) is 6.07 Å². The summed E-state index contributed by atoms with van der Waals surface area (Å²) < 4.78 is 15.6. The van der Waals surface area contributed by atoms with E-state index in [1.54, 1.807) is 25.6 Å². The van der Waals surface area contributed by atoms with Crippen LogP contribution < -0.4 is 0 Å². The molecule has 14 heavy (non-hydrogen) atoms. The van der Waals surface area contributed by atoms with E-state index >= 15 is 0 Å². The highest BCUT2D eigenvalue weighted by molar-refractivity contribution is 7.10. The number of thiophene rings is 1. The first kappa shape index (κ1) is 11.7. The third-order valence-corrected chi connectivity index (χ3v) is 2.81. The Hall–Kier alpha value is -0.420. The average molecular weight is 216 g/mol. The summed E-state index contributed by atoms with van der Waals surface area (Å²) in [6.07, 6.45) is 0.0480. The summed E-state index contributed by atoms with van der Waals surface area (Å²) in [6, 6.07) is 4.07. The zero-order chi connectivity index (χ0) is 10.2. The number of rotatable bonds is 7. The van der Waals surface area contributed by atoms with Gasteiger partial charge in [-0.2, -0.15) is 0 Å². The Morgan fingerprint density at radius 1 is 1.36 bits per heavy atom. The fourth-order valence-corrected chi connectivity index (χ4v) is 1.86. The van der Waals surface area contributed by atoms with Gasteiger partial charge in [-0.25, -0.2) is 0 Å². The van der Waals surface area contributed by atoms with Crippen molar-refractivity contribution < 1.29 is 14.2 Å². The van der Waals surface area contributed by atoms with Crippen LogP contribution in [0.3, 0.4) is 0 Å². The van der Waals surface area contributed by atoms with Crippen LogP contribution in [0.15, 0.2) is 17.5 Å². The molecule has 1 unspecified atom stereocenters. The molecule has 0 aromatic carbocycles. The molecule has 0 fully saturated rings. The van der Waals surface area contributed by atoms with Crippen molar-refractivity contribution in [2.45, 2.75) is 6.10 Å². The lowest BCUT2D eigenvalue weighted by molar-refractivity contribution is -0.00674. The summed E-state index contributed by atoms with van der Waals surface area (Å²) in [6.45, 7) is 1.82. The molecule has 0 radical (unpaired) electrons. The summed E-state index contributed by atoms with van der Waals surface area (Å²) in [7, 11) is 3.36. The van der Waals surface area contributed by atoms with Crippen LogP contribution in [0, 0.1) is 0 Å². The van der Waals surface area contributed by atoms with Crippen LogP contribution >= 0.6 is 11.3 Å². The fraction of sp³-hybridized carbons (Fsp3) is 0.600. The lowest BCUT2D eigenvalue weighted by Gasteiger charge is -2.13. The molecule has 0 aliphatic carbocycles. The van der Waals surface area contributed by atoms with Gasteiger partial charge in [0.05, 0.1) is 19.8 Å². The first-order valence-electron chi connectivity index (χ1n) is 4.51. The van der Waals surface area contributed by atoms with Crippen LogP contribution in [0.25, 0.3) is 0 Å². The molecule has 0 aliphatic rings. The summed E-state index contributed by atoms with van der Waals surface area (Å²) in [5, 5.41) is 2.04. The molecule has 0 bridgehead atoms. The highest BCUT2D eigenvalue weighted by atomic mass is 32.1. The number of methoxy groups -OCH3 is 2. The van der Waals surface area contributed by atoms with Gasteiger partial charge in [0.1, 0.15) is 6.10 Å². The number of hydrogen-bond donors (Lipinski definition) is 0. The Morgan fingerprint density at radius 3 is 2.79 bits per heavy atom. The minimum Gasteiger partial charge on any atom is -0.382 e. The van der Waals surface area contributed by atoms with Crippen molar-refractivity contribution in [2.24, 2.45) is 0 Å². The van der Waals surface area contributed by atoms with Crippen LogP contribution in [0.2, 0.25) is 0 Å². The fourth-order valence-electron chi connectivity index (χ4n) is 1.07. The molecule has 1 aromatic heterocycles. The summed E-state index contributed by atoms with van der Waals surface area (Å²) >= 11 is 1.68. The minimum absolute atomic E-state index is 0.0480. The SMILES string of the molecule is COCCOCC(OC)c1cccs1. The van der Waals surface area contributed by atoms with Crippen molar-refractivity contribution in [1.29, 1.82) is 0 Å². The second kappa shape index (κ2) is 6.95. The quantitative estimate of drug-likeness (QED) is 0.653. The maximum atomic E-state index is 5.41. The largest absolute Gasteiger partial charge is 0.382 e. The van der Waals surface area contributed by atoms with Crippen molar-refractivity contribution in [3.05, 3.63) is 22.4 Å². The molecule has 0 saturated heterocycles. The van der Waals surface area contributed by atoms with Crippen molar-refractivity contribution in [1.82, 2.24) is 0 Å². The average Bonchev–Trinajstić information content (AvgIpc) is 2.71. The maximum absolute atomic E-state index is 5.41. The summed E-state index contributed by atoms with van der Waals surface area (Å²) in [4.78, 5) is 1.20. The molecular formula is C10H16O3S. The summed E-state index contributed by atoms with van der Waals surface area (Å²) in [5.74, 6) is 0. The lowest BCUT2D eigenvalue weighted by atomic mass is 10.3. The molecule has 0 aliphatic heterocycles. The van der Waals surface area contributed by atoms with Gasteiger partial charge in [0.2, 0.25) is 0 Å². The van der Waals surface area contributed by atoms with E-state index < -0.39 is 0 Å². The molecule has 0 amide bonds. The van der Waals surface area contributed by atoms with E-state index in [9.17, 15) is 0 Å². The van der Waals surface area contributed by atoms with Crippen molar-refractivity contribution >= 4 is 11.3 Å². The summed E-state index contributed by atoms with van der Waals surface area (Å²) in [5.41, 5.74) is 0. The Balaban J connectivity index is 2.26. The standard InChI is InChI=1S/C10H16O3S/c1-11-5-6-13-8-9(12-2)10-4-3-7-14-10/h3-4,7,9H,5-6,8H2,1-2H3. The molecule has 1 heterocycles. The van der Waals surface area contributed by atoms with Gasteiger partial charge in [0.25, 0.3) is 0 Å². The van der Waals surface area contributed by atoms with Crippen molar-refractivity contribution in [3.63, 3.8) is 0 Å². The molecule has 3 nitrogen and oxygen atoms in total. The Bertz CT molecular complexity index is 223. The van der Waals surface area contributed by atoms with E-state index in [0.29, 0.717) is 19.8 Å². The van der Waals surface area contributed by atoms with Gasteiger partial charge in [-0.05, 0) is 11.4 Å². The van der Waals surface area contributed by atoms with Crippen LogP contribution in [0.4, 0.5) is 0 Å². The van der Waals surface area contributed by atoms with E-state index in [2.05, 4.69) is 6.07 Å². The van der Waals surface area contributed by atoms with E-state index in [0.717, 1.165) is 0 Å². The van der Waals surface area contributed by atoms with Crippen LogP contribution in [-0.2, 0) is 14.2 Å². The van der Waals surface area contributed by atoms with Crippen molar-refractivity contribution in [2.75, 3.05) is 34.0 Å². The van der Waals surface area contributed by atoms with E-state index in [4.69, 9.17) is 14.2 Å². The monoisotopic (exact) mass is 216 g/mol. The van der Waals surface area contributed by atoms with Crippen LogP contribution in [-0.4, -0.2) is 34.0 Å². The molecular weight excluding hydrogens is 200 g/mol. The topological polar surface area (TPSA) is 27.7 Å². The van der Waals surface area contributed by atoms with Gasteiger partial charge in [-0.3, -0.25) is 0 Å². The predicted octanol–water partition coefficient (Wildman–Crippen LogP) is 2.10. The zero-order valence-electron chi connectivity index (χ0n) is 8.56. The van der Waals surface area contributed by atoms with Gasteiger partial charge >= 0.3 is 0 Å². The minimum atomic E-state index is 0.0480. The smallest absolute Gasteiger partial charge is 0.115 e. The highest BCUT2D eigenvalue weighted by Crippen LogP contribution is 2.21. The molecule has 1 atom stereocenters. The van der Waals surface area contributed by atoms with Gasteiger partial charge in [0, 0.05) is 19.1 Å². The molecule has 1 rings (SSSR count). The van der Waals surface area contributed by atoms with E-state index in [1.165, 1.54) is 4.88 Å². The molecule has 0 N–H and O–H groups in total. The Labute approximate surface area is 88.6 Å². The Morgan fingerprint density at radius 2 is 2.21 bits per heavy atom. The zero-order valence-corrected chi connectivity index (χ0v) is 9.38. The van der Waals surface area contributed by atoms with Gasteiger partial charge in [0.15, 0.2) is 0 Å². The maximum Gasteiger partial charge on any atom is 0.115 e. The molecule has 80 valence electrons. The van der Waals surface area contributed by atoms with E-state index in [-0.39, 0.29) is 6.10 Å². The third-order valence-electron chi connectivity index (χ3n) is 1.85. The van der Waals surface area contributed by atoms with Crippen LogP contribution in [0.1, 0.15) is 11.0 Å². The Kier molecular flexibility index (Phi) is 5.78. The molecule has 1 aromatic rings. The second-order valence-corrected chi connectivity index (χ2v) is 3.79. The van der Waals surface area contributed by atoms with Gasteiger partial charge < -0.3 is 14.2 Å². The van der Waals surface area contributed by atoms with E-state index in [1.807, 2.05) is 11.4 Å². The number of hydrogen-bond acceptors (Lipinski definition) is 4. The molecule has 0 spiro atoms. The van der Waals surface area contributed by atoms with Crippen LogP contribution in [0.5, 0.6) is 0 Å². The number of ether oxygens (including phenoxy) is 3. The first-order chi connectivity index (χ1) is 6.88. The second-order valence-electron chi connectivity index (χ2n) is 2.81. The lowest BCUT2D eigenvalue weighted by Crippen LogP contribution is -2.11. The van der Waals surface area contributed by atoms with Crippen molar-refractivity contribution in [3.8, 4) is 0 Å². The third kappa shape index (κ3) is 3.75. The predicted molar refractivity (Wildman–Crippen MR) is 56.8 cm³/mol. The normalized spacial score (nSPS) is 13.0. The first-order valence-corrected chi connectivity index (χ1v) is 5.39. The molecule has 0 saturated carbocycles. The van der Waals surface area contributed by atoms with Gasteiger partial charge in [-0.15, -0.1) is 11.3 Å². The highest BCUT2D eigenvalue weighted by Gasteiger charge is 2.10.